The van der Waals surface area contributed by atoms with Crippen LogP contribution in [0, 0.1) is 11.7 Å². The minimum atomic E-state index is -0.588. The van der Waals surface area contributed by atoms with Crippen molar-refractivity contribution in [2.45, 2.75) is 33.2 Å². The summed E-state index contributed by atoms with van der Waals surface area (Å²) in [6, 6.07) is 3.72. The van der Waals surface area contributed by atoms with Crippen molar-refractivity contribution in [1.82, 2.24) is 0 Å². The molecule has 1 rings (SSSR count). The number of hydrogen-bond acceptors (Lipinski definition) is 3. The van der Waals surface area contributed by atoms with E-state index in [0.29, 0.717) is 24.6 Å². The lowest BCUT2D eigenvalue weighted by Crippen LogP contribution is -2.36. The highest BCUT2D eigenvalue weighted by molar-refractivity contribution is 5.94. The summed E-state index contributed by atoms with van der Waals surface area (Å²) in [7, 11) is 0. The standard InChI is InChI=1S/C14H21FN2O2/c1-4-19-13-6-5-10(8-11(13)15)17-14(18)12(16)7-9(2)3/h5-6,8-9,12H,4,7,16H2,1-3H3,(H,17,18)/t12-/m1/s1. The molecule has 0 fully saturated rings. The zero-order valence-corrected chi connectivity index (χ0v) is 11.6. The number of nitrogens with one attached hydrogen (secondary N) is 1. The summed E-state index contributed by atoms with van der Waals surface area (Å²) in [6.07, 6.45) is 0.589. The molecule has 0 aliphatic rings. The number of rotatable bonds is 6. The van der Waals surface area contributed by atoms with Crippen LogP contribution in [0.1, 0.15) is 27.2 Å². The van der Waals surface area contributed by atoms with Crippen molar-refractivity contribution in [3.63, 3.8) is 0 Å². The van der Waals surface area contributed by atoms with Crippen LogP contribution in [-0.2, 0) is 4.79 Å². The van der Waals surface area contributed by atoms with Crippen LogP contribution in [0.15, 0.2) is 18.2 Å². The number of carbonyl (C=O) groups excluding carboxylic acids is 1. The summed E-state index contributed by atoms with van der Waals surface area (Å²) in [6.45, 7) is 6.15. The van der Waals surface area contributed by atoms with Crippen molar-refractivity contribution in [3.05, 3.63) is 24.0 Å². The van der Waals surface area contributed by atoms with E-state index < -0.39 is 11.9 Å². The van der Waals surface area contributed by atoms with Gasteiger partial charge >= 0.3 is 0 Å². The fourth-order valence-electron chi connectivity index (χ4n) is 1.70. The lowest BCUT2D eigenvalue weighted by atomic mass is 10.0. The van der Waals surface area contributed by atoms with E-state index in [9.17, 15) is 9.18 Å². The van der Waals surface area contributed by atoms with E-state index in [-0.39, 0.29) is 11.7 Å². The maximum Gasteiger partial charge on any atom is 0.241 e. The smallest absolute Gasteiger partial charge is 0.241 e. The molecule has 1 aromatic rings. The van der Waals surface area contributed by atoms with Gasteiger partial charge in [0.1, 0.15) is 0 Å². The Morgan fingerprint density at radius 3 is 2.68 bits per heavy atom. The summed E-state index contributed by atoms with van der Waals surface area (Å²) in [5, 5.41) is 2.60. The number of hydrogen-bond donors (Lipinski definition) is 2. The molecular formula is C14H21FN2O2. The number of anilines is 1. The molecule has 0 spiro atoms. The zero-order chi connectivity index (χ0) is 14.4. The summed E-state index contributed by atoms with van der Waals surface area (Å²) in [5.74, 6) is -0.306. The number of ether oxygens (including phenoxy) is 1. The molecule has 0 saturated carbocycles. The molecule has 0 aromatic heterocycles. The molecule has 0 unspecified atom stereocenters. The molecule has 0 radical (unpaired) electrons. The first-order chi connectivity index (χ1) is 8.93. The highest BCUT2D eigenvalue weighted by atomic mass is 19.1. The van der Waals surface area contributed by atoms with E-state index in [2.05, 4.69) is 5.32 Å². The largest absolute Gasteiger partial charge is 0.491 e. The molecule has 0 aliphatic carbocycles. The van der Waals surface area contributed by atoms with Gasteiger partial charge in [0.25, 0.3) is 0 Å². The van der Waals surface area contributed by atoms with Gasteiger partial charge in [-0.25, -0.2) is 4.39 Å². The SMILES string of the molecule is CCOc1ccc(NC(=O)[C@H](N)CC(C)C)cc1F. The Bertz CT molecular complexity index is 435. The van der Waals surface area contributed by atoms with E-state index in [4.69, 9.17) is 10.5 Å². The number of benzene rings is 1. The summed E-state index contributed by atoms with van der Waals surface area (Å²) in [4.78, 5) is 11.8. The second-order valence-corrected chi connectivity index (χ2v) is 4.80. The molecule has 5 heteroatoms. The lowest BCUT2D eigenvalue weighted by Gasteiger charge is -2.14. The molecule has 0 heterocycles. The molecule has 0 aliphatic heterocycles. The molecule has 1 amide bonds. The van der Waals surface area contributed by atoms with Crippen LogP contribution in [-0.4, -0.2) is 18.6 Å². The van der Waals surface area contributed by atoms with Gasteiger partial charge in [-0.05, 0) is 31.4 Å². The number of halogens is 1. The molecule has 0 bridgehead atoms. The third kappa shape index (κ3) is 4.87. The molecule has 4 nitrogen and oxygen atoms in total. The second kappa shape index (κ2) is 7.09. The lowest BCUT2D eigenvalue weighted by molar-refractivity contribution is -0.117. The van der Waals surface area contributed by atoms with Crippen LogP contribution in [0.4, 0.5) is 10.1 Å². The number of nitrogens with two attached hydrogens (primary N) is 1. The number of amides is 1. The van der Waals surface area contributed by atoms with Gasteiger partial charge in [0.15, 0.2) is 11.6 Å². The minimum Gasteiger partial charge on any atom is -0.491 e. The van der Waals surface area contributed by atoms with Gasteiger partial charge in [0, 0.05) is 11.8 Å². The first kappa shape index (κ1) is 15.4. The van der Waals surface area contributed by atoms with Gasteiger partial charge < -0.3 is 15.8 Å². The van der Waals surface area contributed by atoms with Crippen molar-refractivity contribution in [2.75, 3.05) is 11.9 Å². The van der Waals surface area contributed by atoms with E-state index in [0.717, 1.165) is 0 Å². The highest BCUT2D eigenvalue weighted by Gasteiger charge is 2.15. The fraction of sp³-hybridized carbons (Fsp3) is 0.500. The average molecular weight is 268 g/mol. The van der Waals surface area contributed by atoms with E-state index in [1.165, 1.54) is 12.1 Å². The first-order valence-electron chi connectivity index (χ1n) is 6.42. The van der Waals surface area contributed by atoms with E-state index in [1.807, 2.05) is 13.8 Å². The third-order valence-electron chi connectivity index (χ3n) is 2.56. The fourth-order valence-corrected chi connectivity index (χ4v) is 1.70. The van der Waals surface area contributed by atoms with Gasteiger partial charge in [-0.3, -0.25) is 4.79 Å². The Hall–Kier alpha value is -1.62. The summed E-state index contributed by atoms with van der Waals surface area (Å²) in [5.41, 5.74) is 6.13. The topological polar surface area (TPSA) is 64.3 Å². The average Bonchev–Trinajstić information content (AvgIpc) is 2.32. The molecule has 3 N–H and O–H groups in total. The second-order valence-electron chi connectivity index (χ2n) is 4.80. The van der Waals surface area contributed by atoms with Gasteiger partial charge in [-0.15, -0.1) is 0 Å². The van der Waals surface area contributed by atoms with Crippen LogP contribution in [0.3, 0.4) is 0 Å². The zero-order valence-electron chi connectivity index (χ0n) is 11.6. The molecule has 0 saturated heterocycles. The van der Waals surface area contributed by atoms with Crippen molar-refractivity contribution in [2.24, 2.45) is 11.7 Å². The predicted octanol–water partition coefficient (Wildman–Crippen LogP) is 2.54. The maximum atomic E-state index is 13.6. The van der Waals surface area contributed by atoms with Crippen LogP contribution in [0.2, 0.25) is 0 Å². The van der Waals surface area contributed by atoms with E-state index >= 15 is 0 Å². The number of carbonyl (C=O) groups is 1. The third-order valence-corrected chi connectivity index (χ3v) is 2.56. The monoisotopic (exact) mass is 268 g/mol. The first-order valence-corrected chi connectivity index (χ1v) is 6.42. The Morgan fingerprint density at radius 2 is 2.16 bits per heavy atom. The molecule has 106 valence electrons. The summed E-state index contributed by atoms with van der Waals surface area (Å²) < 4.78 is 18.7. The maximum absolute atomic E-state index is 13.6. The van der Waals surface area contributed by atoms with Crippen molar-refractivity contribution >= 4 is 11.6 Å². The van der Waals surface area contributed by atoms with Gasteiger partial charge in [-0.1, -0.05) is 13.8 Å². The van der Waals surface area contributed by atoms with E-state index in [1.54, 1.807) is 13.0 Å². The minimum absolute atomic E-state index is 0.173. The van der Waals surface area contributed by atoms with Crippen molar-refractivity contribution < 1.29 is 13.9 Å². The Morgan fingerprint density at radius 1 is 1.47 bits per heavy atom. The molecule has 19 heavy (non-hydrogen) atoms. The van der Waals surface area contributed by atoms with Crippen molar-refractivity contribution in [1.29, 1.82) is 0 Å². The predicted molar refractivity (Wildman–Crippen MR) is 73.6 cm³/mol. The summed E-state index contributed by atoms with van der Waals surface area (Å²) >= 11 is 0. The van der Waals surface area contributed by atoms with Crippen LogP contribution in [0.25, 0.3) is 0 Å². The molecule has 1 aromatic carbocycles. The van der Waals surface area contributed by atoms with Gasteiger partial charge in [-0.2, -0.15) is 0 Å². The highest BCUT2D eigenvalue weighted by Crippen LogP contribution is 2.21. The van der Waals surface area contributed by atoms with Crippen molar-refractivity contribution in [3.8, 4) is 5.75 Å². The quantitative estimate of drug-likeness (QED) is 0.833. The van der Waals surface area contributed by atoms with Crippen LogP contribution >= 0.6 is 0 Å². The Labute approximate surface area is 113 Å². The van der Waals surface area contributed by atoms with Crippen LogP contribution < -0.4 is 15.8 Å². The van der Waals surface area contributed by atoms with Crippen LogP contribution in [0.5, 0.6) is 5.75 Å². The molecule has 1 atom stereocenters. The van der Waals surface area contributed by atoms with Gasteiger partial charge in [0.2, 0.25) is 5.91 Å². The van der Waals surface area contributed by atoms with Gasteiger partial charge in [0.05, 0.1) is 12.6 Å². The Kier molecular flexibility index (Phi) is 5.76. The Balaban J connectivity index is 2.67. The molecular weight excluding hydrogens is 247 g/mol. The normalized spacial score (nSPS) is 12.3.